The van der Waals surface area contributed by atoms with Crippen molar-refractivity contribution in [2.45, 2.75) is 26.4 Å². The fourth-order valence-electron chi connectivity index (χ4n) is 3.51. The molecule has 0 bridgehead atoms. The molecule has 3 aromatic rings. The second-order valence-electron chi connectivity index (χ2n) is 6.88. The van der Waals surface area contributed by atoms with Crippen molar-refractivity contribution in [3.63, 3.8) is 0 Å². The van der Waals surface area contributed by atoms with Crippen LogP contribution >= 0.6 is 0 Å². The summed E-state index contributed by atoms with van der Waals surface area (Å²) >= 11 is 0. The molecule has 2 aromatic heterocycles. The number of aromatic nitrogens is 4. The summed E-state index contributed by atoms with van der Waals surface area (Å²) in [5.74, 6) is 1.46. The zero-order chi connectivity index (χ0) is 20.2. The molecule has 0 spiro atoms. The van der Waals surface area contributed by atoms with E-state index in [9.17, 15) is 0 Å². The van der Waals surface area contributed by atoms with Gasteiger partial charge in [-0.25, -0.2) is 4.98 Å². The number of hydrogen-bond donors (Lipinski definition) is 3. The average Bonchev–Trinajstić information content (AvgIpc) is 3.30. The predicted octanol–water partition coefficient (Wildman–Crippen LogP) is 2.17. The number of rotatable bonds is 7. The Bertz CT molecular complexity index is 1050. The monoisotopic (exact) mass is 390 g/mol. The lowest BCUT2D eigenvalue weighted by atomic mass is 10.2. The maximum absolute atomic E-state index is 9.03. The van der Waals surface area contributed by atoms with Crippen molar-refractivity contribution in [1.82, 2.24) is 19.7 Å². The summed E-state index contributed by atoms with van der Waals surface area (Å²) in [6, 6.07) is 7.83. The van der Waals surface area contributed by atoms with Gasteiger partial charge in [-0.15, -0.1) is 0 Å². The second-order valence-corrected chi connectivity index (χ2v) is 6.88. The van der Waals surface area contributed by atoms with E-state index in [0.717, 1.165) is 47.0 Å². The number of hydrogen-bond acceptors (Lipinski definition) is 8. The van der Waals surface area contributed by atoms with Gasteiger partial charge in [0.25, 0.3) is 0 Å². The van der Waals surface area contributed by atoms with Gasteiger partial charge in [0.1, 0.15) is 5.82 Å². The van der Waals surface area contributed by atoms with E-state index in [-0.39, 0.29) is 6.61 Å². The molecule has 0 atom stereocenters. The Labute approximate surface area is 168 Å². The summed E-state index contributed by atoms with van der Waals surface area (Å²) in [4.78, 5) is 11.6. The topological polar surface area (TPSA) is 115 Å². The molecule has 1 aromatic carbocycles. The zero-order valence-corrected chi connectivity index (χ0v) is 16.1. The van der Waals surface area contributed by atoms with Gasteiger partial charge in [-0.05, 0) is 31.0 Å². The van der Waals surface area contributed by atoms with E-state index >= 15 is 0 Å². The van der Waals surface area contributed by atoms with Crippen LogP contribution in [-0.4, -0.2) is 38.0 Å². The lowest BCUT2D eigenvalue weighted by Gasteiger charge is -2.19. The number of anilines is 4. The molecule has 29 heavy (non-hydrogen) atoms. The summed E-state index contributed by atoms with van der Waals surface area (Å²) in [6.45, 7) is 4.06. The highest BCUT2D eigenvalue weighted by Gasteiger charge is 2.24. The second kappa shape index (κ2) is 8.16. The Hall–Kier alpha value is -3.64. The highest BCUT2D eigenvalue weighted by Crippen LogP contribution is 2.31. The normalized spacial score (nSPS) is 12.5. The predicted molar refractivity (Wildman–Crippen MR) is 110 cm³/mol. The zero-order valence-electron chi connectivity index (χ0n) is 16.1. The molecule has 0 saturated heterocycles. The van der Waals surface area contributed by atoms with E-state index in [1.165, 1.54) is 0 Å². The first-order valence-corrected chi connectivity index (χ1v) is 9.43. The molecule has 0 saturated carbocycles. The highest BCUT2D eigenvalue weighted by molar-refractivity contribution is 5.60. The van der Waals surface area contributed by atoms with Crippen LogP contribution in [0.5, 0.6) is 0 Å². The Morgan fingerprint density at radius 1 is 1.28 bits per heavy atom. The van der Waals surface area contributed by atoms with Gasteiger partial charge >= 0.3 is 0 Å². The van der Waals surface area contributed by atoms with Crippen LogP contribution in [0.2, 0.25) is 0 Å². The molecule has 3 heterocycles. The Kier molecular flexibility index (Phi) is 5.27. The van der Waals surface area contributed by atoms with E-state index in [2.05, 4.69) is 25.6 Å². The first kappa shape index (κ1) is 18.7. The molecule has 9 heteroatoms. The smallest absolute Gasteiger partial charge is 0.229 e. The van der Waals surface area contributed by atoms with Crippen LogP contribution in [0.25, 0.3) is 0 Å². The minimum atomic E-state index is 0.0373. The van der Waals surface area contributed by atoms with Crippen LogP contribution < -0.4 is 15.5 Å². The summed E-state index contributed by atoms with van der Waals surface area (Å²) in [5.41, 5.74) is 4.79. The van der Waals surface area contributed by atoms with Gasteiger partial charge in [-0.3, -0.25) is 10.00 Å². The number of aliphatic hydroxyl groups is 1. The molecular formula is C20H22N8O. The van der Waals surface area contributed by atoms with Gasteiger partial charge < -0.3 is 15.3 Å². The molecule has 0 unspecified atom stereocenters. The van der Waals surface area contributed by atoms with E-state index in [1.807, 2.05) is 43.6 Å². The largest absolute Gasteiger partial charge is 0.394 e. The van der Waals surface area contributed by atoms with Crippen molar-refractivity contribution in [3.8, 4) is 6.19 Å². The minimum Gasteiger partial charge on any atom is -0.394 e. The molecule has 148 valence electrons. The third-order valence-corrected chi connectivity index (χ3v) is 4.84. The van der Waals surface area contributed by atoms with Crippen molar-refractivity contribution in [2.75, 3.05) is 28.7 Å². The summed E-state index contributed by atoms with van der Waals surface area (Å²) in [7, 11) is 0. The van der Waals surface area contributed by atoms with Crippen molar-refractivity contribution in [1.29, 1.82) is 5.26 Å². The fraction of sp³-hybridized carbons (Fsp3) is 0.300. The quantitative estimate of drug-likeness (QED) is 0.415. The van der Waals surface area contributed by atoms with Gasteiger partial charge in [0.15, 0.2) is 6.19 Å². The third kappa shape index (κ3) is 4.12. The minimum absolute atomic E-state index is 0.0373. The Morgan fingerprint density at radius 3 is 3.00 bits per heavy atom. The lowest BCUT2D eigenvalue weighted by molar-refractivity contribution is 0.269. The number of aryl methyl sites for hydroxylation is 1. The first-order chi connectivity index (χ1) is 14.2. The molecule has 0 aliphatic carbocycles. The Morgan fingerprint density at radius 2 is 2.17 bits per heavy atom. The van der Waals surface area contributed by atoms with Gasteiger partial charge in [-0.1, -0.05) is 12.1 Å². The van der Waals surface area contributed by atoms with Gasteiger partial charge in [-0.2, -0.15) is 15.3 Å². The van der Waals surface area contributed by atoms with Crippen molar-refractivity contribution >= 4 is 23.1 Å². The van der Waals surface area contributed by atoms with Crippen molar-refractivity contribution in [3.05, 3.63) is 53.5 Å². The van der Waals surface area contributed by atoms with Crippen LogP contribution in [0.3, 0.4) is 0 Å². The summed E-state index contributed by atoms with van der Waals surface area (Å²) in [6.07, 6.45) is 6.36. The number of nitriles is 1. The molecule has 4 rings (SSSR count). The standard InChI is InChI=1S/C20H22N8O/c1-14-18-5-6-27(11-15-3-2-4-16(9-15)22-13-21)19(18)26-20(24-14)25-17-10-23-28(12-17)7-8-29/h2-4,9-10,12,22,29H,5-8,11H2,1H3,(H,24,25,26). The first-order valence-electron chi connectivity index (χ1n) is 9.43. The summed E-state index contributed by atoms with van der Waals surface area (Å²) < 4.78 is 1.66. The van der Waals surface area contributed by atoms with Gasteiger partial charge in [0.2, 0.25) is 5.95 Å². The van der Waals surface area contributed by atoms with Crippen LogP contribution in [-0.2, 0) is 19.5 Å². The van der Waals surface area contributed by atoms with Gasteiger partial charge in [0.05, 0.1) is 25.0 Å². The van der Waals surface area contributed by atoms with Crippen LogP contribution in [0.15, 0.2) is 36.7 Å². The third-order valence-electron chi connectivity index (χ3n) is 4.84. The SMILES string of the molecule is Cc1nc(Nc2cnn(CCO)c2)nc2c1CCN2Cc1cccc(NC#N)c1. The molecule has 0 fully saturated rings. The number of fused-ring (bicyclic) bond motifs is 1. The van der Waals surface area contributed by atoms with E-state index < -0.39 is 0 Å². The molecule has 1 aliphatic rings. The average molecular weight is 390 g/mol. The molecule has 9 nitrogen and oxygen atoms in total. The number of benzene rings is 1. The van der Waals surface area contributed by atoms with Crippen molar-refractivity contribution < 1.29 is 5.11 Å². The molecule has 0 radical (unpaired) electrons. The molecule has 1 aliphatic heterocycles. The molecule has 0 amide bonds. The maximum Gasteiger partial charge on any atom is 0.229 e. The highest BCUT2D eigenvalue weighted by atomic mass is 16.3. The maximum atomic E-state index is 9.03. The van der Waals surface area contributed by atoms with Crippen LogP contribution in [0.4, 0.5) is 23.1 Å². The number of aliphatic hydroxyl groups excluding tert-OH is 1. The fourth-order valence-corrected chi connectivity index (χ4v) is 3.51. The molecular weight excluding hydrogens is 368 g/mol. The number of nitrogens with zero attached hydrogens (tertiary/aromatic N) is 6. The van der Waals surface area contributed by atoms with E-state index in [1.54, 1.807) is 10.9 Å². The van der Waals surface area contributed by atoms with Crippen molar-refractivity contribution in [2.24, 2.45) is 0 Å². The summed E-state index contributed by atoms with van der Waals surface area (Å²) in [5, 5.41) is 27.9. The van der Waals surface area contributed by atoms with E-state index in [4.69, 9.17) is 15.4 Å². The molecule has 3 N–H and O–H groups in total. The lowest BCUT2D eigenvalue weighted by Crippen LogP contribution is -2.21. The van der Waals surface area contributed by atoms with Crippen LogP contribution in [0, 0.1) is 18.4 Å². The van der Waals surface area contributed by atoms with Crippen LogP contribution in [0.1, 0.15) is 16.8 Å². The van der Waals surface area contributed by atoms with E-state index in [0.29, 0.717) is 19.0 Å². The Balaban J connectivity index is 1.55. The number of nitrogens with one attached hydrogen (secondary N) is 2. The van der Waals surface area contributed by atoms with Gasteiger partial charge in [0, 0.05) is 36.2 Å².